The summed E-state index contributed by atoms with van der Waals surface area (Å²) in [6, 6.07) is 6.22. The van der Waals surface area contributed by atoms with Crippen LogP contribution in [0.4, 0.5) is 20.4 Å². The van der Waals surface area contributed by atoms with Crippen LogP contribution in [0.5, 0.6) is 0 Å². The molecule has 0 aliphatic carbocycles. The number of rotatable bonds is 34. The van der Waals surface area contributed by atoms with Crippen molar-refractivity contribution in [2.45, 2.75) is 219 Å². The van der Waals surface area contributed by atoms with E-state index in [4.69, 9.17) is 41.2 Å². The average molecular weight is 1380 g/mol. The summed E-state index contributed by atoms with van der Waals surface area (Å²) < 4.78 is 110. The van der Waals surface area contributed by atoms with Crippen LogP contribution in [0.2, 0.25) is 0 Å². The number of aliphatic hydroxyl groups is 3. The third-order valence-corrected chi connectivity index (χ3v) is 23.9. The molecule has 6 rings (SSSR count). The molecule has 0 spiro atoms. The summed E-state index contributed by atoms with van der Waals surface area (Å²) in [5.74, 6) is 0.369. The molecule has 4 aromatic heterocycles. The van der Waals surface area contributed by atoms with Crippen LogP contribution in [0.15, 0.2) is 36.9 Å². The summed E-state index contributed by atoms with van der Waals surface area (Å²) in [6.07, 6.45) is 12.8. The molecule has 0 saturated carbocycles. The van der Waals surface area contributed by atoms with E-state index in [2.05, 4.69) is 85.6 Å². The summed E-state index contributed by atoms with van der Waals surface area (Å²) in [4.78, 5) is 55.2. The normalized spacial score (nSPS) is 23.7. The number of phosphoric ester groups is 1. The van der Waals surface area contributed by atoms with Gasteiger partial charge in [0.2, 0.25) is 0 Å². The Morgan fingerprint density at radius 2 is 1.04 bits per heavy atom. The maximum atomic E-state index is 15.1. The fraction of sp³-hybridized carbons (Fsp3) is 0.760. The first-order valence-electron chi connectivity index (χ1n) is 29.5. The van der Waals surface area contributed by atoms with Crippen LogP contribution in [-0.4, -0.2) is 137 Å². The molecule has 4 aromatic rings. The van der Waals surface area contributed by atoms with Crippen LogP contribution in [-0.2, 0) is 55.3 Å². The van der Waals surface area contributed by atoms with Crippen LogP contribution in [0.25, 0.3) is 11.0 Å². The standard InChI is InChI=1S/C13H20FN4O12P3.C13H17FN4O3.C8H22N2O7P2.2C8H18/c1-2-13(5-27-32(23,24)30-33(25,26)29-31(20,21)22)11(19)9(14)10(28-13)7-3-4-8-12(15)16-6-17-18(7)8;1-2-13(5-19)11(20)9(14)10(21-13)7-3-4-8-12(15)16-6-17-18(7)8;1-3-5-7-9-19(16-12,17-15-11,18(13)14)10-8-6-4-2;2*1-3-5-7-8-6-4-2/h3-4,6,9-11,19H,2,5H2,1H3,(H,23,24)(H,25,26)(H2,15,16,17)(H2,20,21,22);3-4,6,9-11,19-20H,2,5H2,1H3,(H2,15,16,17);9-12H,3-8H2,1-2H3;2*3-8H2,1-2H3/t2*9-,10-,11-,13+;;;/m00.../s1. The first kappa shape index (κ1) is 82.2. The van der Waals surface area contributed by atoms with Crippen molar-refractivity contribution in [2.75, 3.05) is 37.8 Å². The molecule has 2 aliphatic rings. The summed E-state index contributed by atoms with van der Waals surface area (Å²) in [5.41, 5.74) is 9.69. The molecular formula is C50H95F2N10O22P5. The number of hydrogen-bond acceptors (Lipinski definition) is 26. The van der Waals surface area contributed by atoms with E-state index < -0.39 is 99.4 Å². The molecule has 0 aromatic carbocycles. The molecular weight excluding hydrogens is 1290 g/mol. The van der Waals surface area contributed by atoms with Gasteiger partial charge < -0.3 is 55.8 Å². The average Bonchev–Trinajstić information content (AvgIpc) is 1.78. The van der Waals surface area contributed by atoms with E-state index in [1.807, 2.05) is 13.8 Å². The number of nitrogens with zero attached hydrogens (tertiary/aromatic N) is 6. The summed E-state index contributed by atoms with van der Waals surface area (Å²) >= 11 is 0. The van der Waals surface area contributed by atoms with Gasteiger partial charge in [0.1, 0.15) is 59.3 Å². The largest absolute Gasteiger partial charge is 0.490 e. The van der Waals surface area contributed by atoms with Crippen molar-refractivity contribution < 1.29 is 114 Å². The molecule has 0 amide bonds. The number of fused-ring (bicyclic) bond motifs is 2. The fourth-order valence-electron chi connectivity index (χ4n) is 9.08. The van der Waals surface area contributed by atoms with Gasteiger partial charge in [-0.25, -0.2) is 41.5 Å². The van der Waals surface area contributed by atoms with Crippen LogP contribution in [0.3, 0.4) is 0 Å². The number of unbranched alkanes of at least 4 members (excludes halogenated alkanes) is 12. The zero-order chi connectivity index (χ0) is 67.3. The van der Waals surface area contributed by atoms with E-state index in [0.717, 1.165) is 19.2 Å². The number of ether oxygens (including phenoxy) is 2. The Bertz CT molecular complexity index is 2820. The van der Waals surface area contributed by atoms with Crippen molar-refractivity contribution in [1.82, 2.24) is 39.4 Å². The first-order valence-corrected chi connectivity index (χ1v) is 38.0. The van der Waals surface area contributed by atoms with Gasteiger partial charge in [-0.15, -0.1) is 0 Å². The van der Waals surface area contributed by atoms with Crippen molar-refractivity contribution in [2.24, 2.45) is 0 Å². The summed E-state index contributed by atoms with van der Waals surface area (Å²) in [5, 5.41) is 64.0. The predicted octanol–water partition coefficient (Wildman–Crippen LogP) is 9.44. The van der Waals surface area contributed by atoms with Crippen molar-refractivity contribution in [3.05, 3.63) is 48.3 Å². The third-order valence-electron chi connectivity index (χ3n) is 14.3. The molecule has 11 atom stereocenters. The molecule has 2 saturated heterocycles. The van der Waals surface area contributed by atoms with Crippen LogP contribution >= 0.6 is 38.2 Å². The molecule has 3 unspecified atom stereocenters. The van der Waals surface area contributed by atoms with E-state index in [9.17, 15) is 52.7 Å². The van der Waals surface area contributed by atoms with Gasteiger partial charge >= 0.3 is 135 Å². The number of hydrogen-bond donors (Lipinski definition) is 13. The second kappa shape index (κ2) is 39.1. The summed E-state index contributed by atoms with van der Waals surface area (Å²) in [7, 11) is -25.2. The zero-order valence-corrected chi connectivity index (χ0v) is 56.1. The SMILES string of the molecule is CCCCCCCC.CCCCCCCC.CCCCNP(NCCCC)(OO)(OOO)[P+](=O)[O-].CC[C@]1(CO)O[C@@H](c2ccc3c(N)ncnn23)[C@H](F)[C@@H]1O.CC[C@]1(COP(=O)(O)OP(=O)(O)OP(=O)(O)O)O[C@@H](c2ccc3c(N)ncnn23)[C@H](F)[C@@H]1O. The van der Waals surface area contributed by atoms with Crippen molar-refractivity contribution in [3.63, 3.8) is 0 Å². The second-order valence-corrected chi connectivity index (χ2v) is 31.7. The molecule has 6 heterocycles. The molecule has 2 fully saturated rings. The van der Waals surface area contributed by atoms with E-state index in [0.29, 0.717) is 36.0 Å². The minimum Gasteiger partial charge on any atom is -0.393 e. The molecule has 15 N–H and O–H groups in total. The number of nitrogens with two attached hydrogens (primary N) is 2. The Morgan fingerprint density at radius 3 is 1.37 bits per heavy atom. The van der Waals surface area contributed by atoms with E-state index in [1.54, 1.807) is 19.1 Å². The number of anilines is 2. The predicted molar refractivity (Wildman–Crippen MR) is 324 cm³/mol. The van der Waals surface area contributed by atoms with Gasteiger partial charge in [-0.1, -0.05) is 119 Å². The van der Waals surface area contributed by atoms with Crippen LogP contribution < -0.4 is 26.5 Å². The Morgan fingerprint density at radius 1 is 0.652 bits per heavy atom. The second-order valence-electron chi connectivity index (χ2n) is 20.9. The first-order chi connectivity index (χ1) is 42.0. The molecule has 0 bridgehead atoms. The third kappa shape index (κ3) is 23.5. The molecule has 89 heavy (non-hydrogen) atoms. The maximum absolute atomic E-state index is 15.1. The topological polar surface area (TPSA) is 484 Å². The van der Waals surface area contributed by atoms with E-state index in [-0.39, 0.29) is 36.8 Å². The van der Waals surface area contributed by atoms with Gasteiger partial charge in [0.25, 0.3) is 0 Å². The number of nitrogens with one attached hydrogen (secondary N) is 2. The molecule has 0 radical (unpaired) electrons. The maximum Gasteiger partial charge on any atom is 0.490 e. The smallest absolute Gasteiger partial charge is 0.393 e. The monoisotopic (exact) mass is 1380 g/mol. The zero-order valence-electron chi connectivity index (χ0n) is 51.6. The Hall–Kier alpha value is -2.88. The van der Waals surface area contributed by atoms with Crippen LogP contribution in [0.1, 0.15) is 195 Å². The minimum atomic E-state index is -5.75. The number of aliphatic hydroxyl groups excluding tert-OH is 3. The molecule has 39 heteroatoms. The fourth-order valence-corrected chi connectivity index (χ4v) is 15.8. The van der Waals surface area contributed by atoms with Crippen molar-refractivity contribution in [3.8, 4) is 0 Å². The van der Waals surface area contributed by atoms with E-state index in [1.165, 1.54) is 111 Å². The minimum absolute atomic E-state index is 0.0969. The van der Waals surface area contributed by atoms with Gasteiger partial charge in [0.15, 0.2) is 24.0 Å². The number of aromatic nitrogens is 6. The van der Waals surface area contributed by atoms with Gasteiger partial charge in [0, 0.05) is 0 Å². The number of nitrogen functional groups attached to an aromatic ring is 2. The number of halogens is 2. The van der Waals surface area contributed by atoms with Gasteiger partial charge in [-0.05, 0) is 37.1 Å². The van der Waals surface area contributed by atoms with E-state index >= 15 is 4.39 Å². The quantitative estimate of drug-likeness (QED) is 0.00895. The number of phosphoric acid groups is 3. The van der Waals surface area contributed by atoms with Crippen LogP contribution in [0, 0.1) is 0 Å². The van der Waals surface area contributed by atoms with Crippen molar-refractivity contribution in [1.29, 1.82) is 0 Å². The molecule has 32 nitrogen and oxygen atoms in total. The summed E-state index contributed by atoms with van der Waals surface area (Å²) in [6.45, 7) is 14.9. The van der Waals surface area contributed by atoms with Crippen molar-refractivity contribution >= 4 is 60.9 Å². The Labute approximate surface area is 517 Å². The van der Waals surface area contributed by atoms with Gasteiger partial charge in [-0.2, -0.15) is 18.8 Å². The van der Waals surface area contributed by atoms with Gasteiger partial charge in [-0.3, -0.25) is 4.52 Å². The Kier molecular flexibility index (Phi) is 36.1. The molecule has 2 aliphatic heterocycles. The number of alkyl halides is 2. The molecule has 516 valence electrons. The Balaban J connectivity index is 0.000000418. The van der Waals surface area contributed by atoms with Gasteiger partial charge in [0.05, 0.1) is 24.6 Å².